The van der Waals surface area contributed by atoms with E-state index < -0.39 is 5.97 Å². The quantitative estimate of drug-likeness (QED) is 0.845. The Balaban J connectivity index is 0.00000161. The summed E-state index contributed by atoms with van der Waals surface area (Å²) in [5.41, 5.74) is 2.32. The summed E-state index contributed by atoms with van der Waals surface area (Å²) in [6, 6.07) is 8.10. The molecule has 1 N–H and O–H groups in total. The zero-order chi connectivity index (χ0) is 13.9. The first kappa shape index (κ1) is 16.1. The summed E-state index contributed by atoms with van der Waals surface area (Å²) >= 11 is 0. The number of carbonyl (C=O) groups is 1. The summed E-state index contributed by atoms with van der Waals surface area (Å²) in [5, 5.41) is 9.01. The molecule has 1 aliphatic rings. The van der Waals surface area contributed by atoms with Crippen molar-refractivity contribution in [1.82, 2.24) is 9.55 Å². The van der Waals surface area contributed by atoms with Crippen LogP contribution in [0.25, 0.3) is 0 Å². The van der Waals surface area contributed by atoms with Crippen LogP contribution in [0.3, 0.4) is 0 Å². The van der Waals surface area contributed by atoms with Gasteiger partial charge in [0, 0.05) is 37.1 Å². The maximum absolute atomic E-state index is 11.0. The molecule has 0 bridgehead atoms. The number of hydrogen-bond acceptors (Lipinski definition) is 3. The van der Waals surface area contributed by atoms with Crippen molar-refractivity contribution in [1.29, 1.82) is 0 Å². The van der Waals surface area contributed by atoms with Gasteiger partial charge in [0.15, 0.2) is 0 Å². The van der Waals surface area contributed by atoms with Gasteiger partial charge >= 0.3 is 35.5 Å². The van der Waals surface area contributed by atoms with Gasteiger partial charge in [-0.25, -0.2) is 4.98 Å². The molecule has 0 amide bonds. The van der Waals surface area contributed by atoms with Crippen LogP contribution in [-0.2, 0) is 11.3 Å². The van der Waals surface area contributed by atoms with Crippen LogP contribution >= 0.6 is 0 Å². The zero-order valence-electron chi connectivity index (χ0n) is 11.1. The van der Waals surface area contributed by atoms with Crippen molar-refractivity contribution in [2.24, 2.45) is 0 Å². The van der Waals surface area contributed by atoms with E-state index in [0.29, 0.717) is 5.92 Å². The SMILES string of the molecule is O=C(O)CN1CC(CCn2ccnc2)c2ccccc21.[NaH]. The number of benzene rings is 1. The van der Waals surface area contributed by atoms with E-state index in [1.807, 2.05) is 35.6 Å². The summed E-state index contributed by atoms with van der Waals surface area (Å²) < 4.78 is 2.06. The predicted octanol–water partition coefficient (Wildman–Crippen LogP) is 1.31. The van der Waals surface area contributed by atoms with Gasteiger partial charge in [0.1, 0.15) is 6.54 Å². The number of nitrogens with zero attached hydrogens (tertiary/aromatic N) is 3. The Morgan fingerprint density at radius 2 is 2.19 bits per heavy atom. The Labute approximate surface area is 145 Å². The van der Waals surface area contributed by atoms with Crippen molar-refractivity contribution >= 4 is 41.2 Å². The molecule has 0 aliphatic carbocycles. The molecule has 3 rings (SSSR count). The van der Waals surface area contributed by atoms with E-state index in [1.54, 1.807) is 6.20 Å². The molecular formula is C15H18N3NaO2. The number of para-hydroxylation sites is 1. The van der Waals surface area contributed by atoms with Gasteiger partial charge < -0.3 is 14.6 Å². The second kappa shape index (κ2) is 7.11. The topological polar surface area (TPSA) is 58.4 Å². The molecule has 1 aliphatic heterocycles. The predicted molar refractivity (Wildman–Crippen MR) is 83.0 cm³/mol. The van der Waals surface area contributed by atoms with Gasteiger partial charge in [0.25, 0.3) is 0 Å². The van der Waals surface area contributed by atoms with Gasteiger partial charge in [0.2, 0.25) is 0 Å². The number of fused-ring (bicyclic) bond motifs is 1. The Hall–Kier alpha value is -1.30. The second-order valence-electron chi connectivity index (χ2n) is 5.12. The van der Waals surface area contributed by atoms with Gasteiger partial charge in [-0.3, -0.25) is 4.79 Å². The molecule has 0 radical (unpaired) electrons. The van der Waals surface area contributed by atoms with E-state index in [-0.39, 0.29) is 36.1 Å². The van der Waals surface area contributed by atoms with Crippen molar-refractivity contribution in [3.8, 4) is 0 Å². The van der Waals surface area contributed by atoms with Gasteiger partial charge in [0.05, 0.1) is 6.33 Å². The number of imidazole rings is 1. The Morgan fingerprint density at radius 1 is 1.38 bits per heavy atom. The molecule has 1 atom stereocenters. The Morgan fingerprint density at radius 3 is 2.90 bits per heavy atom. The maximum atomic E-state index is 11.0. The van der Waals surface area contributed by atoms with E-state index in [0.717, 1.165) is 25.2 Å². The van der Waals surface area contributed by atoms with Crippen molar-refractivity contribution in [3.05, 3.63) is 48.5 Å². The molecular weight excluding hydrogens is 277 g/mol. The normalized spacial score (nSPS) is 16.4. The first-order valence-corrected chi connectivity index (χ1v) is 6.75. The molecule has 0 fully saturated rings. The number of aliphatic carboxylic acids is 1. The molecule has 0 saturated heterocycles. The molecule has 2 aromatic rings. The van der Waals surface area contributed by atoms with Gasteiger partial charge in [-0.1, -0.05) is 18.2 Å². The number of carboxylic acids is 1. The summed E-state index contributed by atoms with van der Waals surface area (Å²) in [7, 11) is 0. The third-order valence-electron chi connectivity index (χ3n) is 3.78. The summed E-state index contributed by atoms with van der Waals surface area (Å²) in [4.78, 5) is 17.0. The van der Waals surface area contributed by atoms with Crippen LogP contribution in [0.1, 0.15) is 17.9 Å². The number of hydrogen-bond donors (Lipinski definition) is 1. The minimum atomic E-state index is -0.782. The molecule has 21 heavy (non-hydrogen) atoms. The molecule has 6 heteroatoms. The van der Waals surface area contributed by atoms with Crippen molar-refractivity contribution in [2.75, 3.05) is 18.0 Å². The van der Waals surface area contributed by atoms with E-state index in [4.69, 9.17) is 5.11 Å². The van der Waals surface area contributed by atoms with Crippen LogP contribution in [0, 0.1) is 0 Å². The molecule has 0 saturated carbocycles. The van der Waals surface area contributed by atoms with Crippen LogP contribution in [0.4, 0.5) is 5.69 Å². The average molecular weight is 295 g/mol. The number of carboxylic acid groups (broad SMARTS) is 1. The summed E-state index contributed by atoms with van der Waals surface area (Å²) in [6.45, 7) is 1.75. The number of rotatable bonds is 5. The summed E-state index contributed by atoms with van der Waals surface area (Å²) in [6.07, 6.45) is 6.54. The molecule has 106 valence electrons. The van der Waals surface area contributed by atoms with E-state index in [1.165, 1.54) is 5.56 Å². The number of anilines is 1. The third-order valence-corrected chi connectivity index (χ3v) is 3.78. The van der Waals surface area contributed by atoms with E-state index in [2.05, 4.69) is 15.6 Å². The molecule has 1 unspecified atom stereocenters. The van der Waals surface area contributed by atoms with Crippen molar-refractivity contribution < 1.29 is 9.90 Å². The average Bonchev–Trinajstić information content (AvgIpc) is 3.05. The monoisotopic (exact) mass is 295 g/mol. The third kappa shape index (κ3) is 3.67. The van der Waals surface area contributed by atoms with Crippen molar-refractivity contribution in [3.63, 3.8) is 0 Å². The van der Waals surface area contributed by atoms with Gasteiger partial charge in [-0.05, 0) is 18.1 Å². The Bertz CT molecular complexity index is 601. The van der Waals surface area contributed by atoms with Gasteiger partial charge in [-0.2, -0.15) is 0 Å². The molecule has 5 nitrogen and oxygen atoms in total. The molecule has 2 heterocycles. The molecule has 1 aromatic heterocycles. The van der Waals surface area contributed by atoms with Crippen LogP contribution in [0.5, 0.6) is 0 Å². The fraction of sp³-hybridized carbons (Fsp3) is 0.333. The number of aromatic nitrogens is 2. The standard InChI is InChI=1S/C15H17N3O2.Na.H/c19-15(20)10-18-9-12(5-7-17-8-6-16-11-17)13-3-1-2-4-14(13)18;;/h1-4,6,8,11-12H,5,7,9-10H2,(H,19,20);;. The Kier molecular flexibility index (Phi) is 5.45. The van der Waals surface area contributed by atoms with Crippen LogP contribution < -0.4 is 4.90 Å². The van der Waals surface area contributed by atoms with Gasteiger partial charge in [-0.15, -0.1) is 0 Å². The van der Waals surface area contributed by atoms with Crippen LogP contribution in [0.2, 0.25) is 0 Å². The van der Waals surface area contributed by atoms with Crippen molar-refractivity contribution in [2.45, 2.75) is 18.9 Å². The second-order valence-corrected chi connectivity index (χ2v) is 5.12. The molecule has 1 aromatic carbocycles. The number of aryl methyl sites for hydroxylation is 1. The fourth-order valence-corrected chi connectivity index (χ4v) is 2.87. The first-order valence-electron chi connectivity index (χ1n) is 6.75. The van der Waals surface area contributed by atoms with E-state index >= 15 is 0 Å². The van der Waals surface area contributed by atoms with E-state index in [9.17, 15) is 4.79 Å². The van der Waals surface area contributed by atoms with Crippen LogP contribution in [-0.4, -0.2) is 63.3 Å². The first-order chi connectivity index (χ1) is 9.74. The minimum absolute atomic E-state index is 0. The zero-order valence-corrected chi connectivity index (χ0v) is 11.1. The molecule has 0 spiro atoms. The van der Waals surface area contributed by atoms with Crippen LogP contribution in [0.15, 0.2) is 43.0 Å². The fourth-order valence-electron chi connectivity index (χ4n) is 2.87. The summed E-state index contributed by atoms with van der Waals surface area (Å²) in [5.74, 6) is -0.400.